The molecule has 0 saturated carbocycles. The first-order valence-corrected chi connectivity index (χ1v) is 7.26. The third-order valence-corrected chi connectivity index (χ3v) is 3.60. The first kappa shape index (κ1) is 14.7. The lowest BCUT2D eigenvalue weighted by molar-refractivity contribution is 0.586. The van der Waals surface area contributed by atoms with Gasteiger partial charge in [0.2, 0.25) is 0 Å². The third kappa shape index (κ3) is 3.24. The molecule has 4 nitrogen and oxygen atoms in total. The minimum atomic E-state index is -0.118. The Balaban J connectivity index is 2.44. The van der Waals surface area contributed by atoms with E-state index >= 15 is 0 Å². The Morgan fingerprint density at radius 1 is 1.25 bits per heavy atom. The second-order valence-electron chi connectivity index (χ2n) is 6.78. The minimum Gasteiger partial charge on any atom is -0.398 e. The Bertz CT molecular complexity index is 514. The zero-order valence-electron chi connectivity index (χ0n) is 13.0. The van der Waals surface area contributed by atoms with Gasteiger partial charge in [0.15, 0.2) is 0 Å². The fraction of sp³-hybridized carbons (Fsp3) is 0.562. The van der Waals surface area contributed by atoms with Crippen LogP contribution in [0, 0.1) is 5.92 Å². The van der Waals surface area contributed by atoms with Crippen molar-refractivity contribution < 1.29 is 0 Å². The second-order valence-corrected chi connectivity index (χ2v) is 6.78. The van der Waals surface area contributed by atoms with Crippen molar-refractivity contribution in [2.75, 3.05) is 29.5 Å². The molecule has 4 heteroatoms. The number of hydrogen-bond acceptors (Lipinski definition) is 4. The summed E-state index contributed by atoms with van der Waals surface area (Å²) < 4.78 is 0. The zero-order valence-corrected chi connectivity index (χ0v) is 13.0. The highest BCUT2D eigenvalue weighted by molar-refractivity contribution is 5.98. The molecule has 110 valence electrons. The molecule has 0 bridgehead atoms. The van der Waals surface area contributed by atoms with Gasteiger partial charge in [0.05, 0.1) is 16.9 Å². The zero-order chi connectivity index (χ0) is 14.9. The maximum absolute atomic E-state index is 6.20. The maximum Gasteiger partial charge on any atom is 0.0709 e. The van der Waals surface area contributed by atoms with Crippen molar-refractivity contribution in [1.29, 1.82) is 0 Å². The summed E-state index contributed by atoms with van der Waals surface area (Å²) in [5.41, 5.74) is 15.7. The van der Waals surface area contributed by atoms with Crippen LogP contribution in [0.3, 0.4) is 0 Å². The number of benzene rings is 1. The smallest absolute Gasteiger partial charge is 0.0709 e. The molecule has 1 aliphatic rings. The molecule has 1 heterocycles. The van der Waals surface area contributed by atoms with E-state index in [2.05, 4.69) is 37.6 Å². The molecule has 0 spiro atoms. The van der Waals surface area contributed by atoms with Gasteiger partial charge in [0.25, 0.3) is 0 Å². The molecule has 0 amide bonds. The molecule has 2 rings (SSSR count). The van der Waals surface area contributed by atoms with E-state index in [0.717, 1.165) is 35.7 Å². The summed E-state index contributed by atoms with van der Waals surface area (Å²) in [6, 6.07) is 3.75. The van der Waals surface area contributed by atoms with Gasteiger partial charge in [-0.05, 0) is 45.2 Å². The lowest BCUT2D eigenvalue weighted by Gasteiger charge is -2.24. The molecule has 1 atom stereocenters. The second kappa shape index (κ2) is 5.35. The maximum atomic E-state index is 6.20. The van der Waals surface area contributed by atoms with E-state index in [0.29, 0.717) is 5.92 Å². The molecule has 1 saturated heterocycles. The van der Waals surface area contributed by atoms with E-state index in [9.17, 15) is 0 Å². The van der Waals surface area contributed by atoms with Crippen molar-refractivity contribution in [1.82, 2.24) is 0 Å². The van der Waals surface area contributed by atoms with E-state index in [-0.39, 0.29) is 5.54 Å². The van der Waals surface area contributed by atoms with Crippen LogP contribution in [0.5, 0.6) is 0 Å². The molecule has 1 unspecified atom stereocenters. The highest BCUT2D eigenvalue weighted by Gasteiger charge is 2.23. The minimum absolute atomic E-state index is 0.118. The largest absolute Gasteiger partial charge is 0.398 e. The monoisotopic (exact) mass is 274 g/mol. The highest BCUT2D eigenvalue weighted by Crippen LogP contribution is 2.34. The van der Waals surface area contributed by atoms with Crippen molar-refractivity contribution >= 4 is 23.3 Å². The van der Waals surface area contributed by atoms with Crippen LogP contribution in [0.1, 0.15) is 39.7 Å². The van der Waals surface area contributed by atoms with Crippen molar-refractivity contribution in [2.24, 2.45) is 10.9 Å². The Labute approximate surface area is 121 Å². The van der Waals surface area contributed by atoms with Crippen LogP contribution in [0.4, 0.5) is 17.1 Å². The Hall–Kier alpha value is -1.71. The molecule has 20 heavy (non-hydrogen) atoms. The highest BCUT2D eigenvalue weighted by atomic mass is 15.2. The van der Waals surface area contributed by atoms with Crippen LogP contribution in [-0.2, 0) is 0 Å². The summed E-state index contributed by atoms with van der Waals surface area (Å²) in [6.45, 7) is 10.6. The van der Waals surface area contributed by atoms with Gasteiger partial charge in [-0.3, -0.25) is 4.99 Å². The lowest BCUT2D eigenvalue weighted by atomic mass is 10.1. The Morgan fingerprint density at radius 2 is 1.90 bits per heavy atom. The normalized spacial score (nSPS) is 20.0. The third-order valence-electron chi connectivity index (χ3n) is 3.60. The molecule has 1 aromatic rings. The molecule has 1 aromatic carbocycles. The quantitative estimate of drug-likeness (QED) is 0.643. The SMILES string of the molecule is CC1CCN(c2c(N)ccc(N)c2C=NC(C)(C)C)C1. The van der Waals surface area contributed by atoms with Crippen LogP contribution in [0.25, 0.3) is 0 Å². The van der Waals surface area contributed by atoms with Gasteiger partial charge < -0.3 is 16.4 Å². The van der Waals surface area contributed by atoms with E-state index in [1.54, 1.807) is 0 Å². The summed E-state index contributed by atoms with van der Waals surface area (Å²) in [6.07, 6.45) is 3.08. The summed E-state index contributed by atoms with van der Waals surface area (Å²) in [5.74, 6) is 0.697. The summed E-state index contributed by atoms with van der Waals surface area (Å²) in [4.78, 5) is 6.93. The van der Waals surface area contributed by atoms with E-state index in [4.69, 9.17) is 11.5 Å². The van der Waals surface area contributed by atoms with Gasteiger partial charge >= 0.3 is 0 Å². The van der Waals surface area contributed by atoms with Gasteiger partial charge in [-0.15, -0.1) is 0 Å². The fourth-order valence-electron chi connectivity index (χ4n) is 2.53. The van der Waals surface area contributed by atoms with Crippen LogP contribution >= 0.6 is 0 Å². The van der Waals surface area contributed by atoms with Gasteiger partial charge in [-0.2, -0.15) is 0 Å². The Kier molecular flexibility index (Phi) is 3.93. The summed E-state index contributed by atoms with van der Waals surface area (Å²) in [5, 5.41) is 0. The molecule has 4 N–H and O–H groups in total. The number of nitrogens with two attached hydrogens (primary N) is 2. The van der Waals surface area contributed by atoms with Crippen LogP contribution < -0.4 is 16.4 Å². The first-order valence-electron chi connectivity index (χ1n) is 7.26. The van der Waals surface area contributed by atoms with Gasteiger partial charge in [0, 0.05) is 30.6 Å². The number of nitrogens with zero attached hydrogens (tertiary/aromatic N) is 2. The number of aliphatic imine (C=N–C) groups is 1. The van der Waals surface area contributed by atoms with Crippen molar-refractivity contribution in [3.8, 4) is 0 Å². The molecule has 0 radical (unpaired) electrons. The number of nitrogen functional groups attached to an aromatic ring is 2. The van der Waals surface area contributed by atoms with E-state index in [1.807, 2.05) is 18.3 Å². The average molecular weight is 274 g/mol. The number of anilines is 3. The van der Waals surface area contributed by atoms with Crippen molar-refractivity contribution in [3.63, 3.8) is 0 Å². The average Bonchev–Trinajstić information content (AvgIpc) is 2.75. The van der Waals surface area contributed by atoms with Gasteiger partial charge in [-0.25, -0.2) is 0 Å². The lowest BCUT2D eigenvalue weighted by Crippen LogP contribution is -2.23. The van der Waals surface area contributed by atoms with Crippen molar-refractivity contribution in [2.45, 2.75) is 39.7 Å². The molecule has 0 aromatic heterocycles. The summed E-state index contributed by atoms with van der Waals surface area (Å²) >= 11 is 0. The predicted octanol–water partition coefficient (Wildman–Crippen LogP) is 2.91. The number of rotatable bonds is 2. The Morgan fingerprint density at radius 3 is 2.45 bits per heavy atom. The molecular formula is C16H26N4. The van der Waals surface area contributed by atoms with Gasteiger partial charge in [-0.1, -0.05) is 6.92 Å². The van der Waals surface area contributed by atoms with Crippen LogP contribution in [-0.4, -0.2) is 24.8 Å². The number of hydrogen-bond donors (Lipinski definition) is 2. The predicted molar refractivity (Wildman–Crippen MR) is 88.6 cm³/mol. The molecule has 1 aliphatic heterocycles. The van der Waals surface area contributed by atoms with E-state index < -0.39 is 0 Å². The standard InChI is InChI=1S/C16H26N4/c1-11-7-8-20(10-11)15-12(9-19-16(2,3)4)13(17)5-6-14(15)18/h5-6,9,11H,7-8,10,17-18H2,1-4H3. The van der Waals surface area contributed by atoms with Gasteiger partial charge in [0.1, 0.15) is 0 Å². The first-order chi connectivity index (χ1) is 9.28. The molecule has 0 aliphatic carbocycles. The molecular weight excluding hydrogens is 248 g/mol. The van der Waals surface area contributed by atoms with Crippen LogP contribution in [0.15, 0.2) is 17.1 Å². The van der Waals surface area contributed by atoms with Crippen molar-refractivity contribution in [3.05, 3.63) is 17.7 Å². The molecule has 1 fully saturated rings. The summed E-state index contributed by atoms with van der Waals surface area (Å²) in [7, 11) is 0. The topological polar surface area (TPSA) is 67.6 Å². The van der Waals surface area contributed by atoms with Crippen LogP contribution in [0.2, 0.25) is 0 Å². The fourth-order valence-corrected chi connectivity index (χ4v) is 2.53. The van der Waals surface area contributed by atoms with E-state index in [1.165, 1.54) is 6.42 Å².